The van der Waals surface area contributed by atoms with Crippen LogP contribution >= 0.6 is 24.8 Å². The van der Waals surface area contributed by atoms with E-state index in [0.717, 1.165) is 32.6 Å². The van der Waals surface area contributed by atoms with Crippen molar-refractivity contribution < 1.29 is 14.6 Å². The van der Waals surface area contributed by atoms with Crippen molar-refractivity contribution in [3.05, 3.63) is 0 Å². The number of hydrogen-bond donors (Lipinski definition) is 2. The highest BCUT2D eigenvalue weighted by Gasteiger charge is 2.33. The van der Waals surface area contributed by atoms with Crippen molar-refractivity contribution in [3.8, 4) is 0 Å². The summed E-state index contributed by atoms with van der Waals surface area (Å²) in [5.41, 5.74) is 0. The maximum atomic E-state index is 12.4. The average molecular weight is 358 g/mol. The Morgan fingerprint density at radius 3 is 2.68 bits per heavy atom. The molecule has 0 aromatic heterocycles. The lowest BCUT2D eigenvalue weighted by molar-refractivity contribution is -0.148. The van der Waals surface area contributed by atoms with E-state index in [1.807, 2.05) is 11.8 Å². The van der Waals surface area contributed by atoms with Gasteiger partial charge in [-0.15, -0.1) is 24.8 Å². The van der Waals surface area contributed by atoms with E-state index in [9.17, 15) is 9.90 Å². The Kier molecular flexibility index (Phi) is 10.6. The molecule has 22 heavy (non-hydrogen) atoms. The summed E-state index contributed by atoms with van der Waals surface area (Å²) >= 11 is 0. The van der Waals surface area contributed by atoms with Crippen LogP contribution < -0.4 is 5.32 Å². The number of morpholine rings is 1. The van der Waals surface area contributed by atoms with Crippen LogP contribution in [0.3, 0.4) is 0 Å². The van der Waals surface area contributed by atoms with E-state index in [0.29, 0.717) is 25.7 Å². The molecule has 2 fully saturated rings. The lowest BCUT2D eigenvalue weighted by Gasteiger charge is -2.42. The minimum atomic E-state index is -0.329. The fraction of sp³-hybridized carbons (Fsp3) is 0.929. The molecule has 132 valence electrons. The molecule has 0 spiro atoms. The number of carbonyl (C=O) groups excluding carboxylic acids is 1. The number of carbonyl (C=O) groups is 1. The Bertz CT molecular complexity index is 328. The van der Waals surface area contributed by atoms with E-state index in [2.05, 4.69) is 17.1 Å². The van der Waals surface area contributed by atoms with Gasteiger partial charge in [-0.1, -0.05) is 6.92 Å². The van der Waals surface area contributed by atoms with Gasteiger partial charge in [0, 0.05) is 45.3 Å². The van der Waals surface area contributed by atoms with Crippen LogP contribution in [0.1, 0.15) is 20.3 Å². The third-order valence-corrected chi connectivity index (χ3v) is 4.09. The summed E-state index contributed by atoms with van der Waals surface area (Å²) in [6.45, 7) is 8.96. The van der Waals surface area contributed by atoms with E-state index < -0.39 is 0 Å². The maximum Gasteiger partial charge on any atom is 0.253 e. The molecular weight excluding hydrogens is 329 g/mol. The minimum Gasteiger partial charge on any atom is -0.392 e. The molecular formula is C14H29Cl2N3O3. The predicted octanol–water partition coefficient (Wildman–Crippen LogP) is 0.122. The van der Waals surface area contributed by atoms with Gasteiger partial charge in [-0.25, -0.2) is 0 Å². The van der Waals surface area contributed by atoms with Gasteiger partial charge in [0.05, 0.1) is 12.7 Å². The Balaban J connectivity index is 0.00000220. The Morgan fingerprint density at radius 1 is 1.41 bits per heavy atom. The van der Waals surface area contributed by atoms with Gasteiger partial charge >= 0.3 is 0 Å². The largest absolute Gasteiger partial charge is 0.392 e. The van der Waals surface area contributed by atoms with Crippen molar-refractivity contribution in [1.29, 1.82) is 0 Å². The van der Waals surface area contributed by atoms with Crippen molar-refractivity contribution in [1.82, 2.24) is 15.1 Å². The van der Waals surface area contributed by atoms with E-state index in [4.69, 9.17) is 4.74 Å². The first-order chi connectivity index (χ1) is 9.61. The topological polar surface area (TPSA) is 65.0 Å². The molecule has 2 rings (SSSR count). The van der Waals surface area contributed by atoms with Gasteiger partial charge in [0.15, 0.2) is 0 Å². The second-order valence-electron chi connectivity index (χ2n) is 5.75. The first-order valence-corrected chi connectivity index (χ1v) is 7.65. The molecule has 2 aliphatic heterocycles. The van der Waals surface area contributed by atoms with Gasteiger partial charge in [-0.2, -0.15) is 0 Å². The van der Waals surface area contributed by atoms with E-state index >= 15 is 0 Å². The number of nitrogens with zero attached hydrogens (tertiary/aromatic N) is 2. The number of nitrogens with one attached hydrogen (secondary N) is 1. The van der Waals surface area contributed by atoms with Gasteiger partial charge in [-0.05, 0) is 13.3 Å². The first-order valence-electron chi connectivity index (χ1n) is 7.65. The normalized spacial score (nSPS) is 27.5. The lowest BCUT2D eigenvalue weighted by Crippen LogP contribution is -2.59. The number of hydrogen-bond acceptors (Lipinski definition) is 5. The van der Waals surface area contributed by atoms with Crippen molar-refractivity contribution in [2.75, 3.05) is 45.9 Å². The summed E-state index contributed by atoms with van der Waals surface area (Å²) in [5.74, 6) is 0.104. The summed E-state index contributed by atoms with van der Waals surface area (Å²) < 4.78 is 5.55. The van der Waals surface area contributed by atoms with Crippen LogP contribution in [0.2, 0.25) is 0 Å². The number of β-amino-alcohol motifs (C(OH)–C–C–N with tert-alkyl or cyclic N) is 1. The third-order valence-electron chi connectivity index (χ3n) is 4.09. The van der Waals surface area contributed by atoms with Crippen LogP contribution in [0.5, 0.6) is 0 Å². The number of amides is 1. The monoisotopic (exact) mass is 357 g/mol. The SMILES string of the molecule is CCC1CN(C(=O)C2CNCCO2)CCN1CC(C)O.Cl.Cl. The van der Waals surface area contributed by atoms with Crippen LogP contribution in [0, 0.1) is 0 Å². The van der Waals surface area contributed by atoms with Crippen molar-refractivity contribution in [2.24, 2.45) is 0 Å². The Morgan fingerprint density at radius 2 is 2.14 bits per heavy atom. The van der Waals surface area contributed by atoms with Crippen LogP contribution in [0.15, 0.2) is 0 Å². The van der Waals surface area contributed by atoms with Crippen LogP contribution in [-0.4, -0.2) is 84.9 Å². The van der Waals surface area contributed by atoms with Gasteiger partial charge in [0.25, 0.3) is 5.91 Å². The van der Waals surface area contributed by atoms with E-state index in [1.165, 1.54) is 0 Å². The quantitative estimate of drug-likeness (QED) is 0.748. The zero-order valence-corrected chi connectivity index (χ0v) is 15.0. The summed E-state index contributed by atoms with van der Waals surface area (Å²) in [4.78, 5) is 16.6. The number of halogens is 2. The number of aliphatic hydroxyl groups is 1. The van der Waals surface area contributed by atoms with Crippen molar-refractivity contribution in [2.45, 2.75) is 38.5 Å². The molecule has 2 saturated heterocycles. The summed E-state index contributed by atoms with van der Waals surface area (Å²) in [7, 11) is 0. The molecule has 0 bridgehead atoms. The van der Waals surface area contributed by atoms with Gasteiger partial charge in [0.1, 0.15) is 6.10 Å². The van der Waals surface area contributed by atoms with Crippen LogP contribution in [0.4, 0.5) is 0 Å². The first kappa shape index (κ1) is 21.9. The molecule has 3 unspecified atom stereocenters. The summed E-state index contributed by atoms with van der Waals surface area (Å²) in [6.07, 6.45) is 0.335. The van der Waals surface area contributed by atoms with E-state index in [-0.39, 0.29) is 42.9 Å². The van der Waals surface area contributed by atoms with Crippen LogP contribution in [0.25, 0.3) is 0 Å². The van der Waals surface area contributed by atoms with Gasteiger partial charge in [0.2, 0.25) is 0 Å². The van der Waals surface area contributed by atoms with Crippen molar-refractivity contribution >= 4 is 30.7 Å². The second-order valence-corrected chi connectivity index (χ2v) is 5.75. The average Bonchev–Trinajstić information content (AvgIpc) is 2.47. The summed E-state index contributed by atoms with van der Waals surface area (Å²) in [6, 6.07) is 0.332. The van der Waals surface area contributed by atoms with Gasteiger partial charge in [-0.3, -0.25) is 9.69 Å². The standard InChI is InChI=1S/C14H27N3O3.2ClH/c1-3-12-10-17(6-5-16(12)9-11(2)18)14(19)13-8-15-4-7-20-13;;/h11-13,15,18H,3-10H2,1-2H3;2*1H. The molecule has 0 radical (unpaired) electrons. The fourth-order valence-electron chi connectivity index (χ4n) is 2.99. The molecule has 0 aromatic rings. The minimum absolute atomic E-state index is 0. The molecule has 0 saturated carbocycles. The van der Waals surface area contributed by atoms with Crippen LogP contribution in [-0.2, 0) is 9.53 Å². The zero-order valence-electron chi connectivity index (χ0n) is 13.4. The molecule has 2 N–H and O–H groups in total. The molecule has 6 nitrogen and oxygen atoms in total. The Labute approximate surface area is 145 Å². The Hall–Kier alpha value is -0.110. The molecule has 2 aliphatic rings. The van der Waals surface area contributed by atoms with Crippen molar-refractivity contribution in [3.63, 3.8) is 0 Å². The maximum absolute atomic E-state index is 12.4. The highest BCUT2D eigenvalue weighted by Crippen LogP contribution is 2.15. The molecule has 1 amide bonds. The van der Waals surface area contributed by atoms with Gasteiger partial charge < -0.3 is 20.1 Å². The van der Waals surface area contributed by atoms with E-state index in [1.54, 1.807) is 0 Å². The second kappa shape index (κ2) is 10.6. The number of rotatable bonds is 4. The fourth-order valence-corrected chi connectivity index (χ4v) is 2.99. The smallest absolute Gasteiger partial charge is 0.253 e. The predicted molar refractivity (Wildman–Crippen MR) is 91.0 cm³/mol. The molecule has 2 heterocycles. The highest BCUT2D eigenvalue weighted by molar-refractivity contribution is 5.85. The molecule has 0 aliphatic carbocycles. The molecule has 8 heteroatoms. The molecule has 0 aromatic carbocycles. The number of piperazine rings is 1. The highest BCUT2D eigenvalue weighted by atomic mass is 35.5. The number of ether oxygens (including phenoxy) is 1. The number of aliphatic hydroxyl groups excluding tert-OH is 1. The lowest BCUT2D eigenvalue weighted by atomic mass is 10.1. The summed E-state index contributed by atoms with van der Waals surface area (Å²) in [5, 5.41) is 12.7. The third kappa shape index (κ3) is 5.83. The zero-order chi connectivity index (χ0) is 14.5. The molecule has 3 atom stereocenters.